The summed E-state index contributed by atoms with van der Waals surface area (Å²) in [5.74, 6) is 0. The quantitative estimate of drug-likeness (QED) is 0.165. The molecule has 0 N–H and O–H groups in total. The number of fused-ring (bicyclic) bond motifs is 5. The van der Waals surface area contributed by atoms with Gasteiger partial charge < -0.3 is 14.4 Å². The monoisotopic (exact) mass is 755 g/mol. The van der Waals surface area contributed by atoms with Crippen LogP contribution >= 0.6 is 11.3 Å². The van der Waals surface area contributed by atoms with Crippen LogP contribution in [0.25, 0.3) is 54.7 Å². The van der Waals surface area contributed by atoms with Gasteiger partial charge in [-0.15, -0.1) is 65.4 Å². The van der Waals surface area contributed by atoms with Crippen molar-refractivity contribution in [3.05, 3.63) is 113 Å². The van der Waals surface area contributed by atoms with Crippen LogP contribution in [0.1, 0.15) is 54.8 Å². The van der Waals surface area contributed by atoms with Crippen molar-refractivity contribution in [2.45, 2.75) is 46.7 Å². The molecule has 42 heavy (non-hydrogen) atoms. The van der Waals surface area contributed by atoms with Gasteiger partial charge in [0.2, 0.25) is 0 Å². The molecule has 0 aliphatic heterocycles. The van der Waals surface area contributed by atoms with Gasteiger partial charge in [0.25, 0.3) is 0 Å². The maximum absolute atomic E-state index is 7.86. The van der Waals surface area contributed by atoms with Crippen molar-refractivity contribution in [1.82, 2.24) is 15.0 Å². The van der Waals surface area contributed by atoms with E-state index in [-0.39, 0.29) is 47.9 Å². The van der Waals surface area contributed by atoms with Crippen LogP contribution in [0.4, 0.5) is 0 Å². The van der Waals surface area contributed by atoms with Gasteiger partial charge in [-0.1, -0.05) is 61.5 Å². The van der Waals surface area contributed by atoms with Gasteiger partial charge in [-0.2, -0.15) is 0 Å². The van der Waals surface area contributed by atoms with Gasteiger partial charge >= 0.3 is 0 Å². The first-order valence-electron chi connectivity index (χ1n) is 17.4. The molecule has 0 aliphatic carbocycles. The zero-order chi connectivity index (χ0) is 36.2. The average molecular weight is 755 g/mol. The SMILES string of the molecule is [2H]C([2H])([2H])c1ccc(-c2[c-]cccc2)nc1.[2H]C([2H])([2H])c1cnc(-c2[c-]ccc3c2oc2c3ccc3sc(C(C)(C)C)nc32)cc1C([2H])([2H])[2H].[Ir]. The second-order valence-electron chi connectivity index (χ2n) is 10.6. The summed E-state index contributed by atoms with van der Waals surface area (Å²) >= 11 is 1.63. The van der Waals surface area contributed by atoms with Gasteiger partial charge in [-0.05, 0) is 49.1 Å². The van der Waals surface area contributed by atoms with E-state index in [0.29, 0.717) is 16.7 Å². The molecule has 4 heterocycles. The maximum Gasteiger partial charge on any atom is 0.148 e. The van der Waals surface area contributed by atoms with Gasteiger partial charge in [0.15, 0.2) is 0 Å². The van der Waals surface area contributed by atoms with Crippen LogP contribution in [-0.4, -0.2) is 15.0 Å². The van der Waals surface area contributed by atoms with E-state index in [0.717, 1.165) is 43.5 Å². The molecule has 213 valence electrons. The number of aromatic nitrogens is 3. The summed E-state index contributed by atoms with van der Waals surface area (Å²) in [6, 6.07) is 25.8. The standard InChI is InChI=1S/C24H21N2OS.C12H10N.Ir/c1-13-11-18(25-12-14(13)2)17-8-6-7-15-16-9-10-19-20(22(16)27-21(15)17)26-23(28-19)24(3,4)5;1-10-7-8-12(13-9-10)11-5-3-2-4-6-11;/h6-7,9-12H,1-5H3;2-5,7-9H,1H3;/q2*-1;/i1D3,2D3;1D3;. The second kappa shape index (κ2) is 11.9. The average Bonchev–Trinajstić information content (AvgIpc) is 3.66. The summed E-state index contributed by atoms with van der Waals surface area (Å²) in [4.78, 5) is 13.3. The molecular weight excluding hydrogens is 715 g/mol. The molecule has 4 aromatic heterocycles. The van der Waals surface area contributed by atoms with Crippen molar-refractivity contribution in [2.75, 3.05) is 0 Å². The summed E-state index contributed by atoms with van der Waals surface area (Å²) in [6.45, 7) is -0.948. The number of aryl methyl sites for hydroxylation is 3. The molecule has 7 aromatic rings. The van der Waals surface area contributed by atoms with E-state index in [9.17, 15) is 0 Å². The van der Waals surface area contributed by atoms with Crippen LogP contribution in [0.5, 0.6) is 0 Å². The number of thiazole rings is 1. The van der Waals surface area contributed by atoms with E-state index < -0.39 is 20.6 Å². The molecular formula is C36H31IrN3OS-2. The fourth-order valence-electron chi connectivity index (χ4n) is 4.40. The van der Waals surface area contributed by atoms with Gasteiger partial charge in [0, 0.05) is 55.6 Å². The second-order valence-corrected chi connectivity index (χ2v) is 11.6. The van der Waals surface area contributed by atoms with Crippen molar-refractivity contribution in [3.63, 3.8) is 0 Å². The topological polar surface area (TPSA) is 51.8 Å². The van der Waals surface area contributed by atoms with Crippen LogP contribution in [0.2, 0.25) is 0 Å². The van der Waals surface area contributed by atoms with E-state index in [4.69, 9.17) is 21.7 Å². The maximum atomic E-state index is 7.86. The molecule has 0 saturated heterocycles. The molecule has 7 rings (SSSR count). The van der Waals surface area contributed by atoms with Gasteiger partial charge in [0.05, 0.1) is 15.3 Å². The molecule has 3 aromatic carbocycles. The van der Waals surface area contributed by atoms with Crippen molar-refractivity contribution in [3.8, 4) is 22.5 Å². The molecule has 6 heteroatoms. The summed E-state index contributed by atoms with van der Waals surface area (Å²) in [7, 11) is 0. The first-order valence-corrected chi connectivity index (χ1v) is 13.8. The number of nitrogens with zero attached hydrogens (tertiary/aromatic N) is 3. The van der Waals surface area contributed by atoms with Crippen LogP contribution in [0.3, 0.4) is 0 Å². The van der Waals surface area contributed by atoms with Gasteiger partial charge in [-0.25, -0.2) is 4.98 Å². The van der Waals surface area contributed by atoms with Crippen molar-refractivity contribution in [1.29, 1.82) is 0 Å². The molecule has 0 amide bonds. The van der Waals surface area contributed by atoms with E-state index in [1.807, 2.05) is 36.4 Å². The molecule has 0 atom stereocenters. The Bertz CT molecular complexity index is 2320. The molecule has 0 spiro atoms. The Balaban J connectivity index is 0.000000249. The molecule has 0 fully saturated rings. The van der Waals surface area contributed by atoms with Crippen LogP contribution < -0.4 is 0 Å². The largest absolute Gasteiger partial charge is 0.498 e. The molecule has 4 nitrogen and oxygen atoms in total. The van der Waals surface area contributed by atoms with Crippen LogP contribution in [0.15, 0.2) is 83.5 Å². The zero-order valence-corrected chi connectivity index (χ0v) is 26.2. The van der Waals surface area contributed by atoms with Crippen LogP contribution in [0, 0.1) is 32.7 Å². The predicted octanol–water partition coefficient (Wildman–Crippen LogP) is 9.83. The Kier molecular flexibility index (Phi) is 5.73. The number of benzene rings is 3. The summed E-state index contributed by atoms with van der Waals surface area (Å²) in [5.41, 5.74) is 3.90. The van der Waals surface area contributed by atoms with E-state index >= 15 is 0 Å². The third-order valence-electron chi connectivity index (χ3n) is 6.51. The third kappa shape index (κ3) is 5.80. The Labute approximate surface area is 276 Å². The van der Waals surface area contributed by atoms with Crippen molar-refractivity contribution < 1.29 is 36.9 Å². The molecule has 0 saturated carbocycles. The number of rotatable bonds is 2. The molecule has 0 bridgehead atoms. The number of hydrogen-bond acceptors (Lipinski definition) is 5. The first-order chi connectivity index (χ1) is 23.3. The Morgan fingerprint density at radius 3 is 2.36 bits per heavy atom. The van der Waals surface area contributed by atoms with Crippen molar-refractivity contribution in [2.24, 2.45) is 0 Å². The van der Waals surface area contributed by atoms with Gasteiger partial charge in [0.1, 0.15) is 11.1 Å². The Morgan fingerprint density at radius 2 is 1.64 bits per heavy atom. The normalized spacial score (nSPS) is 15.5. The fraction of sp³-hybridized carbons (Fsp3) is 0.194. The first kappa shape index (κ1) is 20.2. The van der Waals surface area contributed by atoms with Crippen molar-refractivity contribution >= 4 is 43.5 Å². The van der Waals surface area contributed by atoms with E-state index in [1.54, 1.807) is 35.6 Å². The fourth-order valence-corrected chi connectivity index (χ4v) is 5.42. The summed E-state index contributed by atoms with van der Waals surface area (Å²) in [5, 5.41) is 2.72. The number of hydrogen-bond donors (Lipinski definition) is 0. The minimum Gasteiger partial charge on any atom is -0.498 e. The predicted molar refractivity (Wildman–Crippen MR) is 170 cm³/mol. The van der Waals surface area contributed by atoms with Crippen LogP contribution in [-0.2, 0) is 25.5 Å². The summed E-state index contributed by atoms with van der Waals surface area (Å²) in [6.07, 6.45) is 2.51. The minimum atomic E-state index is -2.61. The van der Waals surface area contributed by atoms with E-state index in [2.05, 4.69) is 42.9 Å². The Hall–Kier alpha value is -3.70. The smallest absolute Gasteiger partial charge is 0.148 e. The Morgan fingerprint density at radius 1 is 0.810 bits per heavy atom. The molecule has 0 aliphatic rings. The number of furan rings is 1. The summed E-state index contributed by atoms with van der Waals surface area (Å²) < 4.78 is 75.7. The van der Waals surface area contributed by atoms with E-state index in [1.165, 1.54) is 12.3 Å². The molecule has 1 radical (unpaired) electrons. The zero-order valence-electron chi connectivity index (χ0n) is 32.0. The molecule has 0 unspecified atom stereocenters. The minimum absolute atomic E-state index is 0. The van der Waals surface area contributed by atoms with Gasteiger partial charge in [-0.3, -0.25) is 0 Å². The number of pyridine rings is 2. The third-order valence-corrected chi connectivity index (χ3v) is 7.95.